The number of fused-ring (bicyclic) bond motifs is 3. The molecule has 5 heteroatoms. The Hall–Kier alpha value is -2.43. The van der Waals surface area contributed by atoms with Crippen LogP contribution in [0.25, 0.3) is 10.9 Å². The Bertz CT molecular complexity index is 1180. The summed E-state index contributed by atoms with van der Waals surface area (Å²) < 4.78 is 50.0. The van der Waals surface area contributed by atoms with Crippen LogP contribution < -0.4 is 4.74 Å². The van der Waals surface area contributed by atoms with E-state index in [0.717, 1.165) is 44.4 Å². The summed E-state index contributed by atoms with van der Waals surface area (Å²) in [5.74, 6) is 1.41. The number of hydrogen-bond acceptors (Lipinski definition) is 1. The lowest BCUT2D eigenvalue weighted by Crippen LogP contribution is -2.12. The maximum absolute atomic E-state index is 13.8. The second-order valence-electron chi connectivity index (χ2n) is 10.1. The zero-order valence-corrected chi connectivity index (χ0v) is 18.9. The number of hydrogen-bond donors (Lipinski definition) is 0. The number of aryl methyl sites for hydroxylation is 1. The Morgan fingerprint density at radius 2 is 1.67 bits per heavy atom. The summed E-state index contributed by atoms with van der Waals surface area (Å²) in [7, 11) is 0. The van der Waals surface area contributed by atoms with E-state index in [2.05, 4.69) is 16.7 Å². The molecule has 0 radical (unpaired) electrons. The molecule has 33 heavy (non-hydrogen) atoms. The summed E-state index contributed by atoms with van der Waals surface area (Å²) in [6, 6.07) is 11.0. The lowest BCUT2D eigenvalue weighted by molar-refractivity contribution is -0.138. The molecule has 6 rings (SSSR count). The molecule has 0 atom stereocenters. The van der Waals surface area contributed by atoms with Gasteiger partial charge in [-0.2, -0.15) is 13.2 Å². The molecule has 3 aromatic rings. The molecule has 0 unspecified atom stereocenters. The maximum Gasteiger partial charge on any atom is 0.416 e. The predicted molar refractivity (Wildman–Crippen MR) is 124 cm³/mol. The second kappa shape index (κ2) is 8.11. The van der Waals surface area contributed by atoms with Crippen molar-refractivity contribution in [3.05, 3.63) is 64.3 Å². The molecule has 2 aliphatic carbocycles. The normalized spacial score (nSPS) is 19.2. The van der Waals surface area contributed by atoms with Crippen LogP contribution in [-0.2, 0) is 25.7 Å². The van der Waals surface area contributed by atoms with Crippen LogP contribution in [0.5, 0.6) is 5.75 Å². The zero-order chi connectivity index (χ0) is 22.6. The third kappa shape index (κ3) is 3.74. The van der Waals surface area contributed by atoms with E-state index >= 15 is 0 Å². The SMILES string of the molecule is FC(F)(F)c1cc(COc2ccc3c(c2)c(C2CCC2)c2n3CCC2)ccc1C1CCCC1. The Kier molecular flexibility index (Phi) is 5.19. The molecule has 0 N–H and O–H groups in total. The zero-order valence-electron chi connectivity index (χ0n) is 18.9. The monoisotopic (exact) mass is 453 g/mol. The van der Waals surface area contributed by atoms with Crippen molar-refractivity contribution in [1.29, 1.82) is 0 Å². The molecular formula is C28H30F3NO. The van der Waals surface area contributed by atoms with Crippen molar-refractivity contribution in [3.63, 3.8) is 0 Å². The van der Waals surface area contributed by atoms with E-state index in [1.54, 1.807) is 6.07 Å². The lowest BCUT2D eigenvalue weighted by Gasteiger charge is -2.26. The summed E-state index contributed by atoms with van der Waals surface area (Å²) in [6.45, 7) is 1.22. The minimum absolute atomic E-state index is 0.0284. The van der Waals surface area contributed by atoms with Crippen LogP contribution in [0, 0.1) is 0 Å². The van der Waals surface area contributed by atoms with E-state index in [0.29, 0.717) is 17.0 Å². The van der Waals surface area contributed by atoms with Gasteiger partial charge in [0.05, 0.1) is 5.56 Å². The summed E-state index contributed by atoms with van der Waals surface area (Å²) in [5, 5.41) is 1.28. The van der Waals surface area contributed by atoms with E-state index in [1.807, 2.05) is 12.1 Å². The van der Waals surface area contributed by atoms with Crippen molar-refractivity contribution < 1.29 is 17.9 Å². The van der Waals surface area contributed by atoms with E-state index < -0.39 is 11.7 Å². The van der Waals surface area contributed by atoms with Crippen molar-refractivity contribution in [2.75, 3.05) is 0 Å². The van der Waals surface area contributed by atoms with Gasteiger partial charge in [-0.1, -0.05) is 31.4 Å². The van der Waals surface area contributed by atoms with Crippen LogP contribution in [0.1, 0.15) is 91.2 Å². The number of alkyl halides is 3. The molecule has 0 saturated heterocycles. The number of nitrogens with zero attached hydrogens (tertiary/aromatic N) is 1. The van der Waals surface area contributed by atoms with Crippen LogP contribution in [0.15, 0.2) is 36.4 Å². The van der Waals surface area contributed by atoms with Crippen LogP contribution in [-0.4, -0.2) is 4.57 Å². The average molecular weight is 454 g/mol. The molecule has 2 saturated carbocycles. The van der Waals surface area contributed by atoms with Gasteiger partial charge in [0.15, 0.2) is 0 Å². The molecular weight excluding hydrogens is 423 g/mol. The first-order valence-corrected chi connectivity index (χ1v) is 12.5. The first-order valence-electron chi connectivity index (χ1n) is 12.5. The first-order chi connectivity index (χ1) is 16.0. The minimum Gasteiger partial charge on any atom is -0.489 e. The Morgan fingerprint density at radius 3 is 2.39 bits per heavy atom. The van der Waals surface area contributed by atoms with Gasteiger partial charge in [-0.25, -0.2) is 0 Å². The summed E-state index contributed by atoms with van der Waals surface area (Å²) in [6.07, 6.45) is 5.56. The summed E-state index contributed by atoms with van der Waals surface area (Å²) >= 11 is 0. The van der Waals surface area contributed by atoms with Crippen LogP contribution in [0.2, 0.25) is 0 Å². The fraction of sp³-hybridized carbons (Fsp3) is 0.500. The van der Waals surface area contributed by atoms with Crippen LogP contribution >= 0.6 is 0 Å². The number of aromatic nitrogens is 1. The third-order valence-electron chi connectivity index (χ3n) is 8.12. The van der Waals surface area contributed by atoms with Crippen LogP contribution in [0.3, 0.4) is 0 Å². The highest BCUT2D eigenvalue weighted by atomic mass is 19.4. The van der Waals surface area contributed by atoms with Gasteiger partial charge in [-0.15, -0.1) is 0 Å². The van der Waals surface area contributed by atoms with E-state index in [1.165, 1.54) is 53.9 Å². The van der Waals surface area contributed by atoms with Crippen molar-refractivity contribution in [1.82, 2.24) is 4.57 Å². The predicted octanol–water partition coefficient (Wildman–Crippen LogP) is 8.11. The van der Waals surface area contributed by atoms with Gasteiger partial charge in [-0.3, -0.25) is 0 Å². The van der Waals surface area contributed by atoms with Crippen molar-refractivity contribution in [2.24, 2.45) is 0 Å². The van der Waals surface area contributed by atoms with Gasteiger partial charge < -0.3 is 9.30 Å². The Labute approximate surface area is 192 Å². The fourth-order valence-corrected chi connectivity index (χ4v) is 6.28. The topological polar surface area (TPSA) is 14.2 Å². The first kappa shape index (κ1) is 21.1. The maximum atomic E-state index is 13.8. The van der Waals surface area contributed by atoms with Crippen LogP contribution in [0.4, 0.5) is 13.2 Å². The molecule has 174 valence electrons. The minimum atomic E-state index is -4.34. The number of halogens is 3. The van der Waals surface area contributed by atoms with Gasteiger partial charge in [0.1, 0.15) is 12.4 Å². The lowest BCUT2D eigenvalue weighted by atomic mass is 9.78. The quantitative estimate of drug-likeness (QED) is 0.381. The fourth-order valence-electron chi connectivity index (χ4n) is 6.28. The van der Waals surface area contributed by atoms with Gasteiger partial charge in [0.25, 0.3) is 0 Å². The molecule has 0 bridgehead atoms. The third-order valence-corrected chi connectivity index (χ3v) is 8.12. The molecule has 0 amide bonds. The highest BCUT2D eigenvalue weighted by Gasteiger charge is 2.36. The molecule has 1 aromatic heterocycles. The van der Waals surface area contributed by atoms with Gasteiger partial charge in [0, 0.05) is 23.1 Å². The molecule has 3 aliphatic rings. The molecule has 2 aromatic carbocycles. The number of ether oxygens (including phenoxy) is 1. The second-order valence-corrected chi connectivity index (χ2v) is 10.1. The molecule has 2 fully saturated rings. The molecule has 0 spiro atoms. The van der Waals surface area contributed by atoms with Gasteiger partial charge in [-0.05, 0) is 91.3 Å². The largest absolute Gasteiger partial charge is 0.489 e. The Morgan fingerprint density at radius 1 is 0.879 bits per heavy atom. The van der Waals surface area contributed by atoms with E-state index in [9.17, 15) is 13.2 Å². The molecule has 1 aliphatic heterocycles. The van der Waals surface area contributed by atoms with Crippen molar-refractivity contribution in [2.45, 2.75) is 89.0 Å². The smallest absolute Gasteiger partial charge is 0.416 e. The number of benzene rings is 2. The average Bonchev–Trinajstić information content (AvgIpc) is 3.50. The molecule has 2 nitrogen and oxygen atoms in total. The van der Waals surface area contributed by atoms with Crippen molar-refractivity contribution in [3.8, 4) is 5.75 Å². The van der Waals surface area contributed by atoms with Crippen molar-refractivity contribution >= 4 is 10.9 Å². The molecule has 2 heterocycles. The van der Waals surface area contributed by atoms with Gasteiger partial charge in [0.2, 0.25) is 0 Å². The van der Waals surface area contributed by atoms with Gasteiger partial charge >= 0.3 is 6.18 Å². The summed E-state index contributed by atoms with van der Waals surface area (Å²) in [4.78, 5) is 0. The highest BCUT2D eigenvalue weighted by molar-refractivity contribution is 5.88. The number of rotatable bonds is 5. The summed E-state index contributed by atoms with van der Waals surface area (Å²) in [5.41, 5.74) is 4.81. The highest BCUT2D eigenvalue weighted by Crippen LogP contribution is 2.46. The Balaban J connectivity index is 1.27. The standard InChI is InChI=1S/C28H30F3NO/c29-28(30,31)24-15-18(10-12-22(24)19-5-1-2-6-19)17-33-21-11-13-25-23(16-21)27(20-7-3-8-20)26-9-4-14-32(25)26/h10-13,15-16,19-20H,1-9,14,17H2. The van der Waals surface area contributed by atoms with E-state index in [-0.39, 0.29) is 12.5 Å². The van der Waals surface area contributed by atoms with E-state index in [4.69, 9.17) is 4.74 Å².